The van der Waals surface area contributed by atoms with Crippen LogP contribution in [0, 0.1) is 0 Å². The molecule has 1 aliphatic rings. The molecule has 0 bridgehead atoms. The van der Waals surface area contributed by atoms with Crippen LogP contribution in [0.4, 0.5) is 4.79 Å². The van der Waals surface area contributed by atoms with Crippen molar-refractivity contribution in [2.45, 2.75) is 31.0 Å². The number of amides is 3. The Bertz CT molecular complexity index is 1200. The van der Waals surface area contributed by atoms with Gasteiger partial charge in [-0.1, -0.05) is 42.1 Å². The molecule has 37 heavy (non-hydrogen) atoms. The number of thioether (sulfide) groups is 1. The summed E-state index contributed by atoms with van der Waals surface area (Å²) in [4.78, 5) is 30.5. The minimum atomic E-state index is -0.00755. The van der Waals surface area contributed by atoms with Crippen LogP contribution in [0.15, 0.2) is 59.8 Å². The van der Waals surface area contributed by atoms with E-state index < -0.39 is 0 Å². The Labute approximate surface area is 222 Å². The van der Waals surface area contributed by atoms with Crippen molar-refractivity contribution in [3.8, 4) is 22.8 Å². The van der Waals surface area contributed by atoms with Gasteiger partial charge in [0.1, 0.15) is 5.75 Å². The maximum absolute atomic E-state index is 12.9. The van der Waals surface area contributed by atoms with E-state index in [1.54, 1.807) is 37.9 Å². The van der Waals surface area contributed by atoms with E-state index in [2.05, 4.69) is 10.2 Å². The molecule has 1 saturated heterocycles. The number of nitrogens with zero attached hydrogens (tertiary/aromatic N) is 6. The SMILES string of the molecule is COc1ccc(-n2c(SCCCC(=O)N3CCN(C(=O)N(C)C)C(C)C3)nnc2-c2ccccc2)cc1. The first-order chi connectivity index (χ1) is 17.9. The van der Waals surface area contributed by atoms with Gasteiger partial charge in [0, 0.05) is 63.2 Å². The lowest BCUT2D eigenvalue weighted by Gasteiger charge is -2.40. The zero-order valence-electron chi connectivity index (χ0n) is 21.8. The molecule has 0 N–H and O–H groups in total. The van der Waals surface area contributed by atoms with Gasteiger partial charge in [0.2, 0.25) is 5.91 Å². The Morgan fingerprint density at radius 2 is 1.78 bits per heavy atom. The van der Waals surface area contributed by atoms with Gasteiger partial charge in [-0.2, -0.15) is 0 Å². The number of carbonyl (C=O) groups is 2. The zero-order chi connectivity index (χ0) is 26.4. The van der Waals surface area contributed by atoms with Gasteiger partial charge in [0.25, 0.3) is 0 Å². The number of piperazine rings is 1. The van der Waals surface area contributed by atoms with Crippen LogP contribution in [-0.2, 0) is 4.79 Å². The number of urea groups is 1. The van der Waals surface area contributed by atoms with E-state index in [9.17, 15) is 9.59 Å². The quantitative estimate of drug-likeness (QED) is 0.328. The third-order valence-electron chi connectivity index (χ3n) is 6.37. The van der Waals surface area contributed by atoms with E-state index in [0.29, 0.717) is 26.1 Å². The van der Waals surface area contributed by atoms with Crippen molar-refractivity contribution in [3.05, 3.63) is 54.6 Å². The minimum absolute atomic E-state index is 0.00132. The molecular weight excluding hydrogens is 488 g/mol. The smallest absolute Gasteiger partial charge is 0.319 e. The fraction of sp³-hybridized carbons (Fsp3) is 0.407. The summed E-state index contributed by atoms with van der Waals surface area (Å²) in [5.74, 6) is 2.42. The van der Waals surface area contributed by atoms with Crippen LogP contribution in [-0.4, -0.2) is 94.0 Å². The van der Waals surface area contributed by atoms with Gasteiger partial charge in [-0.25, -0.2) is 4.79 Å². The molecule has 3 amide bonds. The first kappa shape index (κ1) is 26.5. The molecular formula is C27H34N6O3S. The van der Waals surface area contributed by atoms with Gasteiger partial charge in [-0.3, -0.25) is 9.36 Å². The second-order valence-corrected chi connectivity index (χ2v) is 10.3. The van der Waals surface area contributed by atoms with E-state index in [1.165, 1.54) is 0 Å². The number of carbonyl (C=O) groups excluding carboxylic acids is 2. The van der Waals surface area contributed by atoms with Crippen LogP contribution < -0.4 is 4.74 Å². The fourth-order valence-electron chi connectivity index (χ4n) is 4.37. The predicted octanol–water partition coefficient (Wildman–Crippen LogP) is 4.03. The van der Waals surface area contributed by atoms with Gasteiger partial charge in [-0.15, -0.1) is 10.2 Å². The van der Waals surface area contributed by atoms with Crippen LogP contribution in [0.3, 0.4) is 0 Å². The van der Waals surface area contributed by atoms with E-state index in [-0.39, 0.29) is 18.0 Å². The molecule has 4 rings (SSSR count). The molecule has 1 aromatic heterocycles. The van der Waals surface area contributed by atoms with Crippen molar-refractivity contribution in [3.63, 3.8) is 0 Å². The summed E-state index contributed by atoms with van der Waals surface area (Å²) in [7, 11) is 5.15. The summed E-state index contributed by atoms with van der Waals surface area (Å²) in [6.45, 7) is 3.69. The Kier molecular flexibility index (Phi) is 8.70. The third-order valence-corrected chi connectivity index (χ3v) is 7.39. The maximum atomic E-state index is 12.9. The summed E-state index contributed by atoms with van der Waals surface area (Å²) in [5, 5.41) is 9.74. The molecule has 9 nitrogen and oxygen atoms in total. The highest BCUT2D eigenvalue weighted by atomic mass is 32.2. The number of rotatable bonds is 8. The second-order valence-electron chi connectivity index (χ2n) is 9.22. The topological polar surface area (TPSA) is 83.8 Å². The summed E-state index contributed by atoms with van der Waals surface area (Å²) >= 11 is 1.59. The average Bonchev–Trinajstić information content (AvgIpc) is 3.34. The van der Waals surface area contributed by atoms with E-state index >= 15 is 0 Å². The molecule has 1 unspecified atom stereocenters. The van der Waals surface area contributed by atoms with Gasteiger partial charge in [0.15, 0.2) is 11.0 Å². The summed E-state index contributed by atoms with van der Waals surface area (Å²) in [6, 6.07) is 17.8. The largest absolute Gasteiger partial charge is 0.497 e. The normalized spacial score (nSPS) is 15.5. The Balaban J connectivity index is 1.38. The summed E-state index contributed by atoms with van der Waals surface area (Å²) in [6.07, 6.45) is 1.19. The number of benzene rings is 2. The minimum Gasteiger partial charge on any atom is -0.497 e. The lowest BCUT2D eigenvalue weighted by molar-refractivity contribution is -0.133. The molecule has 1 fully saturated rings. The molecule has 0 radical (unpaired) electrons. The third kappa shape index (κ3) is 6.25. The highest BCUT2D eigenvalue weighted by molar-refractivity contribution is 7.99. The molecule has 0 aliphatic carbocycles. The molecule has 10 heteroatoms. The second kappa shape index (κ2) is 12.1. The van der Waals surface area contributed by atoms with Crippen molar-refractivity contribution >= 4 is 23.7 Å². The molecule has 1 aliphatic heterocycles. The van der Waals surface area contributed by atoms with Crippen LogP contribution in [0.1, 0.15) is 19.8 Å². The molecule has 2 aromatic carbocycles. The van der Waals surface area contributed by atoms with Crippen molar-refractivity contribution in [2.24, 2.45) is 0 Å². The van der Waals surface area contributed by atoms with E-state index in [4.69, 9.17) is 4.74 Å². The molecule has 0 spiro atoms. The fourth-order valence-corrected chi connectivity index (χ4v) is 5.26. The van der Waals surface area contributed by atoms with Crippen molar-refractivity contribution in [1.82, 2.24) is 29.5 Å². The van der Waals surface area contributed by atoms with Gasteiger partial charge in [0.05, 0.1) is 7.11 Å². The Morgan fingerprint density at radius 3 is 2.43 bits per heavy atom. The summed E-state index contributed by atoms with van der Waals surface area (Å²) < 4.78 is 7.36. The van der Waals surface area contributed by atoms with Crippen molar-refractivity contribution in [2.75, 3.05) is 46.6 Å². The zero-order valence-corrected chi connectivity index (χ0v) is 22.6. The highest BCUT2D eigenvalue weighted by Crippen LogP contribution is 2.29. The first-order valence-electron chi connectivity index (χ1n) is 12.4. The molecule has 1 atom stereocenters. The first-order valence-corrected chi connectivity index (χ1v) is 13.4. The molecule has 0 saturated carbocycles. The maximum Gasteiger partial charge on any atom is 0.319 e. The van der Waals surface area contributed by atoms with Crippen LogP contribution >= 0.6 is 11.8 Å². The van der Waals surface area contributed by atoms with Gasteiger partial charge < -0.3 is 19.4 Å². The highest BCUT2D eigenvalue weighted by Gasteiger charge is 2.30. The van der Waals surface area contributed by atoms with Crippen LogP contribution in [0.2, 0.25) is 0 Å². The number of ether oxygens (including phenoxy) is 1. The average molecular weight is 523 g/mol. The van der Waals surface area contributed by atoms with Crippen molar-refractivity contribution < 1.29 is 14.3 Å². The summed E-state index contributed by atoms with van der Waals surface area (Å²) in [5.41, 5.74) is 1.93. The number of aromatic nitrogens is 3. The molecule has 196 valence electrons. The monoisotopic (exact) mass is 522 g/mol. The number of hydrogen-bond donors (Lipinski definition) is 0. The lowest BCUT2D eigenvalue weighted by Crippen LogP contribution is -2.57. The van der Waals surface area contributed by atoms with E-state index in [0.717, 1.165) is 40.2 Å². The molecule has 2 heterocycles. The van der Waals surface area contributed by atoms with E-state index in [1.807, 2.05) is 75.9 Å². The van der Waals surface area contributed by atoms with Gasteiger partial charge in [-0.05, 0) is 37.6 Å². The Morgan fingerprint density at radius 1 is 1.05 bits per heavy atom. The van der Waals surface area contributed by atoms with Crippen molar-refractivity contribution in [1.29, 1.82) is 0 Å². The Hall–Kier alpha value is -3.53. The number of methoxy groups -OCH3 is 1. The standard InChI is InChI=1S/C27H34N6O3S/c1-20-19-31(16-17-32(20)27(35)30(2)3)24(34)11-8-18-37-26-29-28-25(21-9-6-5-7-10-21)33(26)22-12-14-23(36-4)15-13-22/h5-7,9-10,12-15,20H,8,11,16-19H2,1-4H3. The van der Waals surface area contributed by atoms with Crippen LogP contribution in [0.25, 0.3) is 17.1 Å². The van der Waals surface area contributed by atoms with Gasteiger partial charge >= 0.3 is 6.03 Å². The van der Waals surface area contributed by atoms with Crippen LogP contribution in [0.5, 0.6) is 5.75 Å². The molecule has 3 aromatic rings. The lowest BCUT2D eigenvalue weighted by atomic mass is 10.2. The number of hydrogen-bond acceptors (Lipinski definition) is 6. The predicted molar refractivity (Wildman–Crippen MR) is 145 cm³/mol.